The SMILES string of the molecule is CCCNC(=O)[C@H]1[C@H]2C(=O)N([C@@H](CO)CC(C)C)C(C(=O)Nc3ccc(Cl)cc3)C23CC(C)[C@]1(C)O3. The number of nitrogens with zero attached hydrogens (tertiary/aromatic N) is 1. The minimum atomic E-state index is -1.15. The van der Waals surface area contributed by atoms with Crippen molar-refractivity contribution >= 4 is 35.0 Å². The van der Waals surface area contributed by atoms with E-state index in [4.69, 9.17) is 16.3 Å². The zero-order valence-electron chi connectivity index (χ0n) is 21.7. The van der Waals surface area contributed by atoms with Gasteiger partial charge in [0.1, 0.15) is 11.6 Å². The number of halogens is 1. The molecule has 4 rings (SSSR count). The molecular weight excluding hydrogens is 482 g/mol. The van der Waals surface area contributed by atoms with E-state index in [0.29, 0.717) is 30.1 Å². The Labute approximate surface area is 218 Å². The van der Waals surface area contributed by atoms with Crippen LogP contribution in [0.1, 0.15) is 53.9 Å². The van der Waals surface area contributed by atoms with Gasteiger partial charge >= 0.3 is 0 Å². The van der Waals surface area contributed by atoms with Crippen LogP contribution in [0.3, 0.4) is 0 Å². The number of aliphatic hydroxyl groups excluding tert-OH is 1. The fourth-order valence-electron chi connectivity index (χ4n) is 6.69. The van der Waals surface area contributed by atoms with Gasteiger partial charge in [-0.05, 0) is 62.3 Å². The minimum Gasteiger partial charge on any atom is -0.394 e. The van der Waals surface area contributed by atoms with Gasteiger partial charge in [-0.3, -0.25) is 14.4 Å². The third-order valence-corrected chi connectivity index (χ3v) is 8.54. The number of likely N-dealkylation sites (tertiary alicyclic amines) is 1. The maximum absolute atomic E-state index is 14.2. The number of nitrogens with one attached hydrogen (secondary N) is 2. The highest BCUT2D eigenvalue weighted by Crippen LogP contribution is 2.65. The molecule has 0 aliphatic carbocycles. The Bertz CT molecular complexity index is 1020. The average molecular weight is 520 g/mol. The van der Waals surface area contributed by atoms with E-state index in [2.05, 4.69) is 10.6 Å². The molecular formula is C27H38ClN3O5. The highest BCUT2D eigenvalue weighted by molar-refractivity contribution is 6.30. The predicted octanol–water partition coefficient (Wildman–Crippen LogP) is 3.22. The number of fused-ring (bicyclic) bond motifs is 1. The molecule has 3 aliphatic heterocycles. The molecule has 198 valence electrons. The summed E-state index contributed by atoms with van der Waals surface area (Å²) in [5, 5.41) is 16.8. The Morgan fingerprint density at radius 2 is 1.92 bits per heavy atom. The molecule has 3 fully saturated rings. The zero-order valence-corrected chi connectivity index (χ0v) is 22.5. The number of benzene rings is 1. The fourth-order valence-corrected chi connectivity index (χ4v) is 6.82. The van der Waals surface area contributed by atoms with Crippen LogP contribution in [0.2, 0.25) is 5.02 Å². The van der Waals surface area contributed by atoms with Crippen LogP contribution >= 0.6 is 11.6 Å². The van der Waals surface area contributed by atoms with Gasteiger partial charge in [0, 0.05) is 17.3 Å². The van der Waals surface area contributed by atoms with E-state index in [1.807, 2.05) is 34.6 Å². The number of carbonyl (C=O) groups is 3. The molecule has 0 aromatic heterocycles. The normalized spacial score (nSPS) is 33.7. The smallest absolute Gasteiger partial charge is 0.250 e. The lowest BCUT2D eigenvalue weighted by Gasteiger charge is -2.37. The first-order valence-corrected chi connectivity index (χ1v) is 13.3. The van der Waals surface area contributed by atoms with Gasteiger partial charge in [-0.15, -0.1) is 0 Å². The number of anilines is 1. The predicted molar refractivity (Wildman–Crippen MR) is 137 cm³/mol. The monoisotopic (exact) mass is 519 g/mol. The van der Waals surface area contributed by atoms with Crippen molar-refractivity contribution in [2.75, 3.05) is 18.5 Å². The second kappa shape index (κ2) is 9.95. The van der Waals surface area contributed by atoms with Crippen molar-refractivity contribution < 1.29 is 24.2 Å². The molecule has 0 saturated carbocycles. The molecule has 3 saturated heterocycles. The number of hydrogen-bond donors (Lipinski definition) is 3. The molecule has 8 nitrogen and oxygen atoms in total. The number of aliphatic hydroxyl groups is 1. The lowest BCUT2D eigenvalue weighted by Crippen LogP contribution is -2.56. The van der Waals surface area contributed by atoms with Gasteiger partial charge in [-0.2, -0.15) is 0 Å². The van der Waals surface area contributed by atoms with Crippen molar-refractivity contribution in [1.29, 1.82) is 0 Å². The van der Waals surface area contributed by atoms with Gasteiger partial charge in [0.2, 0.25) is 17.7 Å². The fraction of sp³-hybridized carbons (Fsp3) is 0.667. The van der Waals surface area contributed by atoms with Gasteiger partial charge in [-0.25, -0.2) is 0 Å². The quantitative estimate of drug-likeness (QED) is 0.464. The van der Waals surface area contributed by atoms with E-state index in [1.54, 1.807) is 24.3 Å². The van der Waals surface area contributed by atoms with Crippen molar-refractivity contribution in [1.82, 2.24) is 10.2 Å². The minimum absolute atomic E-state index is 0.0395. The maximum Gasteiger partial charge on any atom is 0.250 e. The van der Waals surface area contributed by atoms with Crippen LogP contribution in [-0.2, 0) is 19.1 Å². The highest BCUT2D eigenvalue weighted by atomic mass is 35.5. The summed E-state index contributed by atoms with van der Waals surface area (Å²) < 4.78 is 6.70. The molecule has 36 heavy (non-hydrogen) atoms. The highest BCUT2D eigenvalue weighted by Gasteiger charge is 2.80. The third kappa shape index (κ3) is 4.21. The summed E-state index contributed by atoms with van der Waals surface area (Å²) in [5.41, 5.74) is -1.47. The molecule has 0 radical (unpaired) electrons. The van der Waals surface area contributed by atoms with Gasteiger partial charge in [0.05, 0.1) is 30.1 Å². The van der Waals surface area contributed by atoms with Crippen molar-refractivity contribution in [2.45, 2.75) is 77.2 Å². The first-order chi connectivity index (χ1) is 17.0. The van der Waals surface area contributed by atoms with E-state index >= 15 is 0 Å². The van der Waals surface area contributed by atoms with Gasteiger partial charge in [0.15, 0.2) is 0 Å². The first-order valence-electron chi connectivity index (χ1n) is 13.0. The van der Waals surface area contributed by atoms with E-state index < -0.39 is 35.1 Å². The van der Waals surface area contributed by atoms with Crippen LogP contribution in [-0.4, -0.2) is 64.2 Å². The largest absolute Gasteiger partial charge is 0.394 e. The summed E-state index contributed by atoms with van der Waals surface area (Å²) in [6.07, 6.45) is 1.77. The van der Waals surface area contributed by atoms with Crippen molar-refractivity contribution in [2.24, 2.45) is 23.7 Å². The van der Waals surface area contributed by atoms with Crippen LogP contribution in [0, 0.1) is 23.7 Å². The topological polar surface area (TPSA) is 108 Å². The first kappa shape index (κ1) is 26.9. The number of amides is 3. The number of rotatable bonds is 9. The van der Waals surface area contributed by atoms with Crippen LogP contribution in [0.25, 0.3) is 0 Å². The van der Waals surface area contributed by atoms with Crippen LogP contribution in [0.4, 0.5) is 5.69 Å². The third-order valence-electron chi connectivity index (χ3n) is 8.29. The van der Waals surface area contributed by atoms with Crippen LogP contribution < -0.4 is 10.6 Å². The Morgan fingerprint density at radius 3 is 2.50 bits per heavy atom. The molecule has 9 heteroatoms. The second-order valence-electron chi connectivity index (χ2n) is 11.2. The van der Waals surface area contributed by atoms with Crippen LogP contribution in [0.5, 0.6) is 0 Å². The molecule has 3 unspecified atom stereocenters. The van der Waals surface area contributed by atoms with E-state index in [-0.39, 0.29) is 36.2 Å². The standard InChI is InChI=1S/C27H38ClN3O5/c1-6-11-29-23(33)20-21-25(35)31(19(14-32)12-15(2)3)22(27(21)13-16(4)26(20,5)36-27)24(34)30-18-9-7-17(28)8-10-18/h7-10,15-16,19-22,32H,6,11-14H2,1-5H3,(H,29,33)(H,30,34)/t16?,19-,20-,21+,22?,26+,27?/m1/s1. The lowest BCUT2D eigenvalue weighted by atomic mass is 9.62. The van der Waals surface area contributed by atoms with Crippen molar-refractivity contribution in [3.63, 3.8) is 0 Å². The summed E-state index contributed by atoms with van der Waals surface area (Å²) in [7, 11) is 0. The Kier molecular flexibility index (Phi) is 7.43. The molecule has 1 aromatic rings. The second-order valence-corrected chi connectivity index (χ2v) is 11.6. The zero-order chi connectivity index (χ0) is 26.4. The summed E-state index contributed by atoms with van der Waals surface area (Å²) >= 11 is 6.01. The molecule has 1 aromatic carbocycles. The molecule has 1 spiro atoms. The lowest BCUT2D eigenvalue weighted by molar-refractivity contribution is -0.149. The number of carbonyl (C=O) groups excluding carboxylic acids is 3. The molecule has 3 amide bonds. The van der Waals surface area contributed by atoms with E-state index in [1.165, 1.54) is 4.90 Å². The van der Waals surface area contributed by atoms with E-state index in [9.17, 15) is 19.5 Å². The maximum atomic E-state index is 14.2. The molecule has 3 aliphatic rings. The van der Waals surface area contributed by atoms with Gasteiger partial charge < -0.3 is 25.4 Å². The summed E-state index contributed by atoms with van der Waals surface area (Å²) in [6, 6.07) is 5.22. The molecule has 2 bridgehead atoms. The average Bonchev–Trinajstić information content (AvgIpc) is 3.34. The van der Waals surface area contributed by atoms with E-state index in [0.717, 1.165) is 6.42 Å². The summed E-state index contributed by atoms with van der Waals surface area (Å²) in [5.74, 6) is -2.26. The summed E-state index contributed by atoms with van der Waals surface area (Å²) in [6.45, 7) is 10.1. The molecule has 7 atom stereocenters. The Hall–Kier alpha value is -2.16. The number of hydrogen-bond acceptors (Lipinski definition) is 5. The van der Waals surface area contributed by atoms with Gasteiger partial charge in [0.25, 0.3) is 0 Å². The van der Waals surface area contributed by atoms with Crippen molar-refractivity contribution in [3.05, 3.63) is 29.3 Å². The molecule has 3 heterocycles. The number of ether oxygens (including phenoxy) is 1. The van der Waals surface area contributed by atoms with Crippen molar-refractivity contribution in [3.8, 4) is 0 Å². The Morgan fingerprint density at radius 1 is 1.25 bits per heavy atom. The molecule has 3 N–H and O–H groups in total. The Balaban J connectivity index is 1.79. The van der Waals surface area contributed by atoms with Gasteiger partial charge in [-0.1, -0.05) is 39.3 Å². The summed E-state index contributed by atoms with van der Waals surface area (Å²) in [4.78, 5) is 43.1. The van der Waals surface area contributed by atoms with Crippen LogP contribution in [0.15, 0.2) is 24.3 Å².